The van der Waals surface area contributed by atoms with Crippen LogP contribution in [0.5, 0.6) is 5.75 Å². The van der Waals surface area contributed by atoms with E-state index in [0.29, 0.717) is 24.4 Å². The molecular weight excluding hydrogens is 364 g/mol. The summed E-state index contributed by atoms with van der Waals surface area (Å²) in [6.07, 6.45) is 1.43. The largest absolute Gasteiger partial charge is 0.496 e. The van der Waals surface area contributed by atoms with Gasteiger partial charge in [-0.25, -0.2) is 0 Å². The monoisotopic (exact) mass is 394 g/mol. The molecule has 154 valence electrons. The van der Waals surface area contributed by atoms with Crippen molar-refractivity contribution in [1.82, 2.24) is 5.32 Å². The highest BCUT2D eigenvalue weighted by molar-refractivity contribution is 5.99. The van der Waals surface area contributed by atoms with Crippen LogP contribution in [-0.4, -0.2) is 25.5 Å². The Bertz CT molecular complexity index is 920. The Kier molecular flexibility index (Phi) is 6.26. The summed E-state index contributed by atoms with van der Waals surface area (Å²) in [5, 5.41) is 3.10. The maximum Gasteiger partial charge on any atom is 0.251 e. The molecule has 0 aromatic heterocycles. The molecule has 0 unspecified atom stereocenters. The molecule has 1 atom stereocenters. The maximum atomic E-state index is 12.9. The van der Waals surface area contributed by atoms with Crippen LogP contribution >= 0.6 is 0 Å². The third-order valence-corrected chi connectivity index (χ3v) is 5.55. The minimum absolute atomic E-state index is 0.117. The first kappa shape index (κ1) is 20.9. The van der Waals surface area contributed by atoms with Gasteiger partial charge in [-0.1, -0.05) is 19.9 Å². The van der Waals surface area contributed by atoms with Gasteiger partial charge in [0.05, 0.1) is 13.2 Å². The van der Waals surface area contributed by atoms with Crippen LogP contribution in [0.1, 0.15) is 72.6 Å². The first-order valence-electron chi connectivity index (χ1n) is 10.2. The number of anilines is 1. The molecule has 2 aromatic rings. The lowest BCUT2D eigenvalue weighted by molar-refractivity contribution is -0.117. The Hall–Kier alpha value is -2.82. The Labute approximate surface area is 173 Å². The van der Waals surface area contributed by atoms with Crippen LogP contribution in [0.15, 0.2) is 36.4 Å². The SMILES string of the molecule is COc1cc(C)c([C@@H](C)NC(=O)c2cccc(N3CCCC3=O)c2)cc1C(C)C. The molecule has 0 aliphatic carbocycles. The average molecular weight is 395 g/mol. The zero-order valence-corrected chi connectivity index (χ0v) is 17.9. The highest BCUT2D eigenvalue weighted by atomic mass is 16.5. The van der Waals surface area contributed by atoms with Crippen molar-refractivity contribution in [2.75, 3.05) is 18.6 Å². The molecular formula is C24H30N2O3. The smallest absolute Gasteiger partial charge is 0.251 e. The summed E-state index contributed by atoms with van der Waals surface area (Å²) in [4.78, 5) is 26.7. The van der Waals surface area contributed by atoms with E-state index in [4.69, 9.17) is 4.74 Å². The Morgan fingerprint density at radius 3 is 2.52 bits per heavy atom. The molecule has 3 rings (SSSR count). The van der Waals surface area contributed by atoms with E-state index in [1.54, 1.807) is 24.1 Å². The molecule has 2 amide bonds. The minimum atomic E-state index is -0.150. The first-order chi connectivity index (χ1) is 13.8. The Balaban J connectivity index is 1.81. The van der Waals surface area contributed by atoms with Gasteiger partial charge in [0.25, 0.3) is 5.91 Å². The number of hydrogen-bond donors (Lipinski definition) is 1. The summed E-state index contributed by atoms with van der Waals surface area (Å²) >= 11 is 0. The molecule has 5 nitrogen and oxygen atoms in total. The van der Waals surface area contributed by atoms with E-state index in [0.717, 1.165) is 34.5 Å². The number of carbonyl (C=O) groups is 2. The standard InChI is InChI=1S/C24H30N2O3/c1-15(2)20-14-21(16(3)12-22(20)29-5)17(4)25-24(28)18-8-6-9-19(13-18)26-11-7-10-23(26)27/h6,8-9,12-15,17H,7,10-11H2,1-5H3,(H,25,28)/t17-/m1/s1. The summed E-state index contributed by atoms with van der Waals surface area (Å²) in [6, 6.07) is 11.3. The van der Waals surface area contributed by atoms with Crippen LogP contribution in [0, 0.1) is 6.92 Å². The van der Waals surface area contributed by atoms with Crippen LogP contribution < -0.4 is 15.0 Å². The van der Waals surface area contributed by atoms with Crippen LogP contribution in [0.4, 0.5) is 5.69 Å². The van der Waals surface area contributed by atoms with Crippen molar-refractivity contribution in [3.05, 3.63) is 58.7 Å². The van der Waals surface area contributed by atoms with E-state index in [1.165, 1.54) is 0 Å². The quantitative estimate of drug-likeness (QED) is 0.769. The number of benzene rings is 2. The van der Waals surface area contributed by atoms with Gasteiger partial charge in [-0.15, -0.1) is 0 Å². The van der Waals surface area contributed by atoms with Gasteiger partial charge in [-0.3, -0.25) is 9.59 Å². The third-order valence-electron chi connectivity index (χ3n) is 5.55. The first-order valence-corrected chi connectivity index (χ1v) is 10.2. The summed E-state index contributed by atoms with van der Waals surface area (Å²) in [5.74, 6) is 1.17. The van der Waals surface area contributed by atoms with Crippen molar-refractivity contribution < 1.29 is 14.3 Å². The Morgan fingerprint density at radius 1 is 1.14 bits per heavy atom. The van der Waals surface area contributed by atoms with E-state index in [2.05, 4.69) is 25.2 Å². The number of nitrogens with one attached hydrogen (secondary N) is 1. The van der Waals surface area contributed by atoms with Crippen molar-refractivity contribution >= 4 is 17.5 Å². The molecule has 1 aliphatic heterocycles. The number of rotatable bonds is 6. The second-order valence-corrected chi connectivity index (χ2v) is 8.00. The van der Waals surface area contributed by atoms with Gasteiger partial charge in [0.15, 0.2) is 0 Å². The van der Waals surface area contributed by atoms with Crippen molar-refractivity contribution in [3.63, 3.8) is 0 Å². The Morgan fingerprint density at radius 2 is 1.90 bits per heavy atom. The number of ether oxygens (including phenoxy) is 1. The zero-order chi connectivity index (χ0) is 21.1. The van der Waals surface area contributed by atoms with Gasteiger partial charge in [-0.2, -0.15) is 0 Å². The van der Waals surface area contributed by atoms with Crippen molar-refractivity contribution in [1.29, 1.82) is 0 Å². The highest BCUT2D eigenvalue weighted by Gasteiger charge is 2.23. The minimum Gasteiger partial charge on any atom is -0.496 e. The van der Waals surface area contributed by atoms with Crippen LogP contribution in [0.25, 0.3) is 0 Å². The van der Waals surface area contributed by atoms with E-state index in [1.807, 2.05) is 32.0 Å². The normalized spacial score (nSPS) is 15.0. The van der Waals surface area contributed by atoms with Crippen molar-refractivity contribution in [2.45, 2.75) is 52.5 Å². The highest BCUT2D eigenvalue weighted by Crippen LogP contribution is 2.32. The molecule has 0 spiro atoms. The van der Waals surface area contributed by atoms with Crippen LogP contribution in [0.3, 0.4) is 0 Å². The summed E-state index contributed by atoms with van der Waals surface area (Å²) in [5.41, 5.74) is 4.63. The molecule has 1 aliphatic rings. The number of amides is 2. The zero-order valence-electron chi connectivity index (χ0n) is 17.9. The predicted octanol–water partition coefficient (Wildman–Crippen LogP) is 4.74. The topological polar surface area (TPSA) is 58.6 Å². The van der Waals surface area contributed by atoms with Crippen LogP contribution in [-0.2, 0) is 4.79 Å². The van der Waals surface area contributed by atoms with Gasteiger partial charge in [0, 0.05) is 24.2 Å². The number of nitrogens with zero attached hydrogens (tertiary/aromatic N) is 1. The lowest BCUT2D eigenvalue weighted by atomic mass is 9.93. The molecule has 1 fully saturated rings. The average Bonchev–Trinajstić information content (AvgIpc) is 3.13. The lowest BCUT2D eigenvalue weighted by Crippen LogP contribution is -2.28. The number of methoxy groups -OCH3 is 1. The van der Waals surface area contributed by atoms with E-state index in [9.17, 15) is 9.59 Å². The van der Waals surface area contributed by atoms with Gasteiger partial charge in [0.1, 0.15) is 5.75 Å². The molecule has 1 N–H and O–H groups in total. The third kappa shape index (κ3) is 4.44. The molecule has 0 saturated carbocycles. The summed E-state index contributed by atoms with van der Waals surface area (Å²) < 4.78 is 5.52. The van der Waals surface area contributed by atoms with Crippen LogP contribution in [0.2, 0.25) is 0 Å². The molecule has 1 saturated heterocycles. The second-order valence-electron chi connectivity index (χ2n) is 8.00. The second kappa shape index (κ2) is 8.68. The molecule has 2 aromatic carbocycles. The molecule has 0 bridgehead atoms. The number of carbonyl (C=O) groups excluding carboxylic acids is 2. The van der Waals surface area contributed by atoms with E-state index >= 15 is 0 Å². The molecule has 1 heterocycles. The van der Waals surface area contributed by atoms with Gasteiger partial charge >= 0.3 is 0 Å². The van der Waals surface area contributed by atoms with Gasteiger partial charge < -0.3 is 15.0 Å². The lowest BCUT2D eigenvalue weighted by Gasteiger charge is -2.21. The predicted molar refractivity (Wildman–Crippen MR) is 116 cm³/mol. The maximum absolute atomic E-state index is 12.9. The summed E-state index contributed by atoms with van der Waals surface area (Å²) in [7, 11) is 1.68. The molecule has 29 heavy (non-hydrogen) atoms. The number of hydrogen-bond acceptors (Lipinski definition) is 3. The summed E-state index contributed by atoms with van der Waals surface area (Å²) in [6.45, 7) is 8.99. The fraction of sp³-hybridized carbons (Fsp3) is 0.417. The van der Waals surface area contributed by atoms with Crippen molar-refractivity contribution in [2.24, 2.45) is 0 Å². The molecule has 5 heteroatoms. The number of aryl methyl sites for hydroxylation is 1. The van der Waals surface area contributed by atoms with Crippen molar-refractivity contribution in [3.8, 4) is 5.75 Å². The van der Waals surface area contributed by atoms with Gasteiger partial charge in [0.2, 0.25) is 5.91 Å². The fourth-order valence-electron chi connectivity index (χ4n) is 3.90. The fourth-order valence-corrected chi connectivity index (χ4v) is 3.90. The van der Waals surface area contributed by atoms with E-state index in [-0.39, 0.29) is 17.9 Å². The van der Waals surface area contributed by atoms with E-state index < -0.39 is 0 Å². The molecule has 0 radical (unpaired) electrons. The van der Waals surface area contributed by atoms with Gasteiger partial charge in [-0.05, 0) is 73.2 Å².